The third-order valence-corrected chi connectivity index (χ3v) is 7.36. The van der Waals surface area contributed by atoms with E-state index < -0.39 is 0 Å². The fourth-order valence-electron chi connectivity index (χ4n) is 6.55. The van der Waals surface area contributed by atoms with Gasteiger partial charge < -0.3 is 9.80 Å². The standard InChI is InChI=1S/C30H30N2/c1-22-19-23(2)21-30(20-22)31(25-13-5-3-6-14-25)27-17-9-11-24-12-10-18-28(29(24)27)32(30)26-15-7-4-8-16-26/h3-18,22-23H,19-21H2,1-2H3. The zero-order valence-electron chi connectivity index (χ0n) is 18.9. The van der Waals surface area contributed by atoms with E-state index in [2.05, 4.69) is 121 Å². The molecular weight excluding hydrogens is 388 g/mol. The van der Waals surface area contributed by atoms with Crippen molar-refractivity contribution in [2.45, 2.75) is 38.8 Å². The fraction of sp³-hybridized carbons (Fsp3) is 0.267. The van der Waals surface area contributed by atoms with E-state index >= 15 is 0 Å². The fourth-order valence-corrected chi connectivity index (χ4v) is 6.55. The molecule has 2 heteroatoms. The average molecular weight is 419 g/mol. The molecule has 32 heavy (non-hydrogen) atoms. The van der Waals surface area contributed by atoms with Crippen LogP contribution >= 0.6 is 0 Å². The third kappa shape index (κ3) is 2.86. The first-order valence-electron chi connectivity index (χ1n) is 11.9. The van der Waals surface area contributed by atoms with Gasteiger partial charge in [-0.3, -0.25) is 0 Å². The van der Waals surface area contributed by atoms with Crippen LogP contribution < -0.4 is 9.80 Å². The summed E-state index contributed by atoms with van der Waals surface area (Å²) in [7, 11) is 0. The summed E-state index contributed by atoms with van der Waals surface area (Å²) in [6.07, 6.45) is 3.55. The highest BCUT2D eigenvalue weighted by atomic mass is 15.4. The van der Waals surface area contributed by atoms with Crippen molar-refractivity contribution in [2.24, 2.45) is 11.8 Å². The zero-order chi connectivity index (χ0) is 21.7. The molecule has 6 rings (SSSR count). The van der Waals surface area contributed by atoms with Crippen LogP contribution in [0.2, 0.25) is 0 Å². The molecule has 2 unspecified atom stereocenters. The van der Waals surface area contributed by atoms with Crippen molar-refractivity contribution in [3.8, 4) is 0 Å². The van der Waals surface area contributed by atoms with Crippen molar-refractivity contribution in [3.05, 3.63) is 97.1 Å². The van der Waals surface area contributed by atoms with Crippen molar-refractivity contribution >= 4 is 33.5 Å². The number of rotatable bonds is 2. The van der Waals surface area contributed by atoms with E-state index in [0.29, 0.717) is 11.8 Å². The number of anilines is 4. The topological polar surface area (TPSA) is 6.48 Å². The Bertz CT molecular complexity index is 1150. The van der Waals surface area contributed by atoms with Crippen LogP contribution in [0.3, 0.4) is 0 Å². The van der Waals surface area contributed by atoms with Crippen molar-refractivity contribution in [3.63, 3.8) is 0 Å². The second-order valence-electron chi connectivity index (χ2n) is 9.83. The summed E-state index contributed by atoms with van der Waals surface area (Å²) in [5.74, 6) is 1.31. The van der Waals surface area contributed by atoms with E-state index in [-0.39, 0.29) is 5.66 Å². The molecule has 2 atom stereocenters. The van der Waals surface area contributed by atoms with E-state index in [9.17, 15) is 0 Å². The predicted molar refractivity (Wildman–Crippen MR) is 136 cm³/mol. The molecule has 0 N–H and O–H groups in total. The quantitative estimate of drug-likeness (QED) is 0.323. The molecule has 1 saturated carbocycles. The highest BCUT2D eigenvalue weighted by Crippen LogP contribution is 2.57. The molecular formula is C30H30N2. The summed E-state index contributed by atoms with van der Waals surface area (Å²) in [5, 5.41) is 2.65. The molecule has 4 aromatic carbocycles. The first-order chi connectivity index (χ1) is 15.7. The van der Waals surface area contributed by atoms with E-state index in [0.717, 1.165) is 12.8 Å². The Morgan fingerprint density at radius 1 is 0.594 bits per heavy atom. The Kier molecular flexibility index (Phi) is 4.50. The summed E-state index contributed by atoms with van der Waals surface area (Å²) in [6.45, 7) is 4.87. The Morgan fingerprint density at radius 3 is 1.53 bits per heavy atom. The van der Waals surface area contributed by atoms with Gasteiger partial charge in [0.1, 0.15) is 5.66 Å². The largest absolute Gasteiger partial charge is 0.317 e. The second kappa shape index (κ2) is 7.41. The van der Waals surface area contributed by atoms with Crippen molar-refractivity contribution in [2.75, 3.05) is 9.80 Å². The van der Waals surface area contributed by atoms with Gasteiger partial charge in [0.15, 0.2) is 0 Å². The minimum Gasteiger partial charge on any atom is -0.317 e. The Hall–Kier alpha value is -3.26. The van der Waals surface area contributed by atoms with Crippen LogP contribution in [0.1, 0.15) is 33.1 Å². The SMILES string of the molecule is CC1CC(C)CC2(C1)N(c1ccccc1)c1cccc3cccc(c13)N2c1ccccc1. The lowest BCUT2D eigenvalue weighted by molar-refractivity contribution is 0.185. The van der Waals surface area contributed by atoms with Gasteiger partial charge in [-0.2, -0.15) is 0 Å². The Labute approximate surface area is 191 Å². The molecule has 0 radical (unpaired) electrons. The van der Waals surface area contributed by atoms with E-state index in [4.69, 9.17) is 0 Å². The van der Waals surface area contributed by atoms with Crippen molar-refractivity contribution in [1.82, 2.24) is 0 Å². The monoisotopic (exact) mass is 418 g/mol. The van der Waals surface area contributed by atoms with Crippen LogP contribution in [0.4, 0.5) is 22.7 Å². The summed E-state index contributed by atoms with van der Waals surface area (Å²) in [5.41, 5.74) is 5.06. The maximum atomic E-state index is 2.67. The number of nitrogens with zero attached hydrogens (tertiary/aromatic N) is 2. The maximum Gasteiger partial charge on any atom is 0.122 e. The molecule has 4 aromatic rings. The molecule has 1 aliphatic heterocycles. The van der Waals surface area contributed by atoms with Gasteiger partial charge in [0.05, 0.1) is 11.4 Å². The van der Waals surface area contributed by atoms with Gasteiger partial charge in [-0.05, 0) is 72.9 Å². The van der Waals surface area contributed by atoms with Crippen LogP contribution in [0.25, 0.3) is 10.8 Å². The first kappa shape index (κ1) is 19.4. The summed E-state index contributed by atoms with van der Waals surface area (Å²) in [4.78, 5) is 5.34. The van der Waals surface area contributed by atoms with Gasteiger partial charge >= 0.3 is 0 Å². The Morgan fingerprint density at radius 2 is 1.06 bits per heavy atom. The Balaban J connectivity index is 1.73. The van der Waals surface area contributed by atoms with Crippen molar-refractivity contribution < 1.29 is 0 Å². The lowest BCUT2D eigenvalue weighted by atomic mass is 9.72. The smallest absolute Gasteiger partial charge is 0.122 e. The molecule has 0 bridgehead atoms. The van der Waals surface area contributed by atoms with Crippen LogP contribution in [-0.4, -0.2) is 5.66 Å². The zero-order valence-corrected chi connectivity index (χ0v) is 18.9. The van der Waals surface area contributed by atoms with E-state index in [1.807, 2.05) is 0 Å². The molecule has 0 amide bonds. The van der Waals surface area contributed by atoms with Gasteiger partial charge in [0, 0.05) is 16.8 Å². The minimum absolute atomic E-state index is 0.150. The normalized spacial score (nSPS) is 21.8. The van der Waals surface area contributed by atoms with Crippen LogP contribution in [-0.2, 0) is 0 Å². The lowest BCUT2D eigenvalue weighted by Crippen LogP contribution is -2.62. The number of hydrogen-bond donors (Lipinski definition) is 0. The number of para-hydroxylation sites is 2. The highest BCUT2D eigenvalue weighted by Gasteiger charge is 2.51. The molecule has 1 heterocycles. The van der Waals surface area contributed by atoms with Gasteiger partial charge in [-0.25, -0.2) is 0 Å². The van der Waals surface area contributed by atoms with Crippen LogP contribution in [0.5, 0.6) is 0 Å². The first-order valence-corrected chi connectivity index (χ1v) is 11.9. The predicted octanol–water partition coefficient (Wildman–Crippen LogP) is 8.28. The van der Waals surface area contributed by atoms with Crippen LogP contribution in [0.15, 0.2) is 97.1 Å². The summed E-state index contributed by atoms with van der Waals surface area (Å²) >= 11 is 0. The molecule has 1 fully saturated rings. The third-order valence-electron chi connectivity index (χ3n) is 7.36. The van der Waals surface area contributed by atoms with Gasteiger partial charge in [0.2, 0.25) is 0 Å². The second-order valence-corrected chi connectivity index (χ2v) is 9.83. The molecule has 2 aliphatic rings. The minimum atomic E-state index is -0.150. The molecule has 0 saturated heterocycles. The highest BCUT2D eigenvalue weighted by molar-refractivity contribution is 6.09. The molecule has 160 valence electrons. The molecule has 2 nitrogen and oxygen atoms in total. The van der Waals surface area contributed by atoms with Crippen LogP contribution in [0, 0.1) is 11.8 Å². The average Bonchev–Trinajstić information content (AvgIpc) is 2.80. The maximum absolute atomic E-state index is 2.67. The number of hydrogen-bond acceptors (Lipinski definition) is 2. The van der Waals surface area contributed by atoms with Gasteiger partial charge in [-0.15, -0.1) is 0 Å². The van der Waals surface area contributed by atoms with Gasteiger partial charge in [-0.1, -0.05) is 74.5 Å². The van der Waals surface area contributed by atoms with Crippen molar-refractivity contribution in [1.29, 1.82) is 0 Å². The lowest BCUT2D eigenvalue weighted by Gasteiger charge is -2.59. The molecule has 0 aromatic heterocycles. The number of benzene rings is 4. The summed E-state index contributed by atoms with van der Waals surface area (Å²) < 4.78 is 0. The summed E-state index contributed by atoms with van der Waals surface area (Å²) in [6, 6.07) is 35.6. The van der Waals surface area contributed by atoms with Gasteiger partial charge in [0.25, 0.3) is 0 Å². The van der Waals surface area contributed by atoms with E-state index in [1.165, 1.54) is 39.9 Å². The molecule has 1 aliphatic carbocycles. The molecule has 1 spiro atoms. The van der Waals surface area contributed by atoms with E-state index in [1.54, 1.807) is 0 Å².